The van der Waals surface area contributed by atoms with Crippen molar-refractivity contribution >= 4 is 17.8 Å². The standard InChI is InChI=1S/C33H63NO10/c1-2-3-4-5-6-7-8-9-10-11-12-13-14-16-33(38)44-30-29-43-28-27-42-26-25-41-24-23-40-22-21-39-20-15-19-34-31(35)17-18-32(36)37/h2-30H2,1H3,(H,34,35)(H,36,37). The number of esters is 1. The van der Waals surface area contributed by atoms with Crippen LogP contribution in [-0.4, -0.2) is 102 Å². The van der Waals surface area contributed by atoms with E-state index in [-0.39, 0.29) is 31.3 Å². The van der Waals surface area contributed by atoms with Crippen LogP contribution < -0.4 is 5.32 Å². The molecule has 44 heavy (non-hydrogen) atoms. The average molecular weight is 634 g/mol. The molecule has 0 fully saturated rings. The lowest BCUT2D eigenvalue weighted by molar-refractivity contribution is -0.145. The van der Waals surface area contributed by atoms with Crippen molar-refractivity contribution in [2.24, 2.45) is 0 Å². The Kier molecular flexibility index (Phi) is 34.2. The molecular formula is C33H63NO10. The fourth-order valence-corrected chi connectivity index (χ4v) is 4.27. The van der Waals surface area contributed by atoms with Crippen LogP contribution in [0.15, 0.2) is 0 Å². The third-order valence-electron chi connectivity index (χ3n) is 6.82. The minimum atomic E-state index is -0.980. The number of hydrogen-bond donors (Lipinski definition) is 2. The van der Waals surface area contributed by atoms with Gasteiger partial charge in [-0.15, -0.1) is 0 Å². The fourth-order valence-electron chi connectivity index (χ4n) is 4.27. The summed E-state index contributed by atoms with van der Waals surface area (Å²) in [5.74, 6) is -1.39. The summed E-state index contributed by atoms with van der Waals surface area (Å²) >= 11 is 0. The van der Waals surface area contributed by atoms with Crippen molar-refractivity contribution in [1.29, 1.82) is 0 Å². The normalized spacial score (nSPS) is 11.1. The van der Waals surface area contributed by atoms with Gasteiger partial charge in [0, 0.05) is 26.0 Å². The molecule has 0 aliphatic carbocycles. The van der Waals surface area contributed by atoms with Crippen LogP contribution in [0.5, 0.6) is 0 Å². The second kappa shape index (κ2) is 35.7. The maximum Gasteiger partial charge on any atom is 0.305 e. The highest BCUT2D eigenvalue weighted by atomic mass is 16.6. The summed E-state index contributed by atoms with van der Waals surface area (Å²) < 4.78 is 32.4. The van der Waals surface area contributed by atoms with Crippen LogP contribution in [0.25, 0.3) is 0 Å². The highest BCUT2D eigenvalue weighted by Crippen LogP contribution is 2.13. The third kappa shape index (κ3) is 36.4. The van der Waals surface area contributed by atoms with Gasteiger partial charge in [0.1, 0.15) is 6.61 Å². The molecule has 0 unspecified atom stereocenters. The topological polar surface area (TPSA) is 139 Å². The molecule has 260 valence electrons. The Morgan fingerprint density at radius 1 is 0.477 bits per heavy atom. The third-order valence-corrected chi connectivity index (χ3v) is 6.82. The number of carbonyl (C=O) groups is 3. The molecule has 0 aromatic rings. The van der Waals surface area contributed by atoms with Gasteiger partial charge in [0.05, 0.1) is 65.9 Å². The van der Waals surface area contributed by atoms with Crippen molar-refractivity contribution < 1.29 is 47.9 Å². The van der Waals surface area contributed by atoms with Gasteiger partial charge in [0.2, 0.25) is 5.91 Å². The number of hydrogen-bond acceptors (Lipinski definition) is 9. The second-order valence-electron chi connectivity index (χ2n) is 10.9. The van der Waals surface area contributed by atoms with Crippen LogP contribution in [0.1, 0.15) is 116 Å². The molecule has 11 nitrogen and oxygen atoms in total. The number of carbonyl (C=O) groups excluding carboxylic acids is 2. The molecule has 0 bridgehead atoms. The van der Waals surface area contributed by atoms with Crippen LogP contribution in [0.4, 0.5) is 0 Å². The van der Waals surface area contributed by atoms with E-state index in [1.54, 1.807) is 0 Å². The molecule has 0 heterocycles. The van der Waals surface area contributed by atoms with Crippen molar-refractivity contribution in [2.45, 2.75) is 116 Å². The van der Waals surface area contributed by atoms with Crippen LogP contribution in [0.3, 0.4) is 0 Å². The molecular weight excluding hydrogens is 570 g/mol. The van der Waals surface area contributed by atoms with E-state index >= 15 is 0 Å². The van der Waals surface area contributed by atoms with Crippen molar-refractivity contribution in [3.05, 3.63) is 0 Å². The Balaban J connectivity index is 3.18. The summed E-state index contributed by atoms with van der Waals surface area (Å²) in [5, 5.41) is 11.2. The zero-order valence-corrected chi connectivity index (χ0v) is 27.6. The van der Waals surface area contributed by atoms with E-state index < -0.39 is 5.97 Å². The van der Waals surface area contributed by atoms with E-state index in [0.29, 0.717) is 85.5 Å². The van der Waals surface area contributed by atoms with Gasteiger partial charge in [-0.2, -0.15) is 0 Å². The summed E-state index contributed by atoms with van der Waals surface area (Å²) in [6.07, 6.45) is 17.7. The number of unbranched alkanes of at least 4 members (excludes halogenated alkanes) is 12. The summed E-state index contributed by atoms with van der Waals surface area (Å²) in [5.41, 5.74) is 0. The first-order chi connectivity index (χ1) is 21.6. The van der Waals surface area contributed by atoms with Crippen molar-refractivity contribution in [1.82, 2.24) is 5.32 Å². The molecule has 0 saturated carbocycles. The lowest BCUT2D eigenvalue weighted by Gasteiger charge is -2.08. The number of nitrogens with one attached hydrogen (secondary N) is 1. The maximum atomic E-state index is 11.8. The quantitative estimate of drug-likeness (QED) is 0.0675. The van der Waals surface area contributed by atoms with Gasteiger partial charge >= 0.3 is 11.9 Å². The van der Waals surface area contributed by atoms with Gasteiger partial charge < -0.3 is 38.8 Å². The first-order valence-corrected chi connectivity index (χ1v) is 17.1. The summed E-state index contributed by atoms with van der Waals surface area (Å²) in [4.78, 5) is 33.6. The van der Waals surface area contributed by atoms with Crippen molar-refractivity contribution in [2.75, 3.05) is 79.2 Å². The molecule has 1 amide bonds. The van der Waals surface area contributed by atoms with Crippen LogP contribution >= 0.6 is 0 Å². The van der Waals surface area contributed by atoms with Gasteiger partial charge in [-0.05, 0) is 12.8 Å². The van der Waals surface area contributed by atoms with E-state index in [1.807, 2.05) is 0 Å². The molecule has 0 aromatic carbocycles. The first kappa shape index (κ1) is 42.2. The van der Waals surface area contributed by atoms with E-state index in [1.165, 1.54) is 70.6 Å². The molecule has 0 atom stereocenters. The SMILES string of the molecule is CCCCCCCCCCCCCCCC(=O)OCCOCCOCCOCCOCCOCCCNC(=O)CCC(=O)O. The second-order valence-corrected chi connectivity index (χ2v) is 10.9. The molecule has 0 aliphatic rings. The molecule has 0 spiro atoms. The predicted molar refractivity (Wildman–Crippen MR) is 170 cm³/mol. The molecule has 2 N–H and O–H groups in total. The molecule has 0 rings (SSSR count). The smallest absolute Gasteiger partial charge is 0.305 e. The summed E-state index contributed by atoms with van der Waals surface area (Å²) in [6.45, 7) is 7.52. The van der Waals surface area contributed by atoms with E-state index in [4.69, 9.17) is 33.5 Å². The Hall–Kier alpha value is -1.79. The monoisotopic (exact) mass is 633 g/mol. The van der Waals surface area contributed by atoms with Gasteiger partial charge in [-0.1, -0.05) is 84.0 Å². The van der Waals surface area contributed by atoms with Gasteiger partial charge in [0.15, 0.2) is 0 Å². The zero-order valence-electron chi connectivity index (χ0n) is 27.6. The number of carboxylic acid groups (broad SMARTS) is 1. The Bertz CT molecular complexity index is 650. The maximum absolute atomic E-state index is 11.8. The van der Waals surface area contributed by atoms with Crippen LogP contribution in [-0.2, 0) is 42.8 Å². The largest absolute Gasteiger partial charge is 0.481 e. The number of carboxylic acids is 1. The Morgan fingerprint density at radius 3 is 1.34 bits per heavy atom. The first-order valence-electron chi connectivity index (χ1n) is 17.1. The van der Waals surface area contributed by atoms with Crippen LogP contribution in [0, 0.1) is 0 Å². The number of aliphatic carboxylic acids is 1. The predicted octanol–water partition coefficient (Wildman–Crippen LogP) is 5.47. The highest BCUT2D eigenvalue weighted by molar-refractivity contribution is 5.80. The molecule has 11 heteroatoms. The number of ether oxygens (including phenoxy) is 6. The lowest BCUT2D eigenvalue weighted by atomic mass is 10.0. The van der Waals surface area contributed by atoms with Crippen molar-refractivity contribution in [3.8, 4) is 0 Å². The van der Waals surface area contributed by atoms with Crippen molar-refractivity contribution in [3.63, 3.8) is 0 Å². The fraction of sp³-hybridized carbons (Fsp3) is 0.909. The molecule has 0 radical (unpaired) electrons. The Morgan fingerprint density at radius 2 is 0.886 bits per heavy atom. The highest BCUT2D eigenvalue weighted by Gasteiger charge is 2.05. The van der Waals surface area contributed by atoms with Gasteiger partial charge in [-0.25, -0.2) is 0 Å². The van der Waals surface area contributed by atoms with E-state index in [2.05, 4.69) is 12.2 Å². The van der Waals surface area contributed by atoms with Gasteiger partial charge in [0.25, 0.3) is 0 Å². The minimum Gasteiger partial charge on any atom is -0.481 e. The molecule has 0 saturated heterocycles. The Labute approximate surface area is 266 Å². The lowest BCUT2D eigenvalue weighted by Crippen LogP contribution is -2.25. The molecule has 0 aromatic heterocycles. The zero-order chi connectivity index (χ0) is 32.2. The van der Waals surface area contributed by atoms with E-state index in [0.717, 1.165) is 12.8 Å². The average Bonchev–Trinajstić information content (AvgIpc) is 3.01. The summed E-state index contributed by atoms with van der Waals surface area (Å²) in [6, 6.07) is 0. The molecule has 0 aliphatic heterocycles. The summed E-state index contributed by atoms with van der Waals surface area (Å²) in [7, 11) is 0. The van der Waals surface area contributed by atoms with Gasteiger partial charge in [-0.3, -0.25) is 14.4 Å². The van der Waals surface area contributed by atoms with E-state index in [9.17, 15) is 14.4 Å². The number of amides is 1. The number of rotatable bonds is 36. The minimum absolute atomic E-state index is 0.00775. The van der Waals surface area contributed by atoms with Crippen LogP contribution in [0.2, 0.25) is 0 Å².